The summed E-state index contributed by atoms with van der Waals surface area (Å²) in [7, 11) is 2.08. The lowest BCUT2D eigenvalue weighted by Crippen LogP contribution is -2.51. The van der Waals surface area contributed by atoms with Crippen molar-refractivity contribution in [3.05, 3.63) is 0 Å². The predicted molar refractivity (Wildman–Crippen MR) is 84.3 cm³/mol. The molecule has 0 bridgehead atoms. The zero-order valence-electron chi connectivity index (χ0n) is 14.0. The maximum Gasteiger partial charge on any atom is 0.317 e. The molecule has 22 heavy (non-hydrogen) atoms. The highest BCUT2D eigenvalue weighted by Crippen LogP contribution is 2.30. The first-order valence-corrected chi connectivity index (χ1v) is 8.14. The highest BCUT2D eigenvalue weighted by Gasteiger charge is 2.30. The van der Waals surface area contributed by atoms with Crippen molar-refractivity contribution in [3.8, 4) is 6.07 Å². The monoisotopic (exact) mass is 308 g/mol. The number of urea groups is 1. The molecule has 1 N–H and O–H groups in total. The summed E-state index contributed by atoms with van der Waals surface area (Å²) < 4.78 is 5.78. The molecule has 1 saturated heterocycles. The fourth-order valence-corrected chi connectivity index (χ4v) is 2.52. The maximum atomic E-state index is 12.5. The van der Waals surface area contributed by atoms with Crippen LogP contribution in [0.15, 0.2) is 0 Å². The molecule has 2 amide bonds. The van der Waals surface area contributed by atoms with Gasteiger partial charge in [0, 0.05) is 32.7 Å². The van der Waals surface area contributed by atoms with Crippen LogP contribution in [0.1, 0.15) is 26.7 Å². The van der Waals surface area contributed by atoms with E-state index in [2.05, 4.69) is 23.3 Å². The fraction of sp³-hybridized carbons (Fsp3) is 0.875. The third-order valence-corrected chi connectivity index (χ3v) is 4.21. The average molecular weight is 308 g/mol. The topological polar surface area (TPSA) is 68.6 Å². The van der Waals surface area contributed by atoms with Crippen LogP contribution < -0.4 is 5.32 Å². The van der Waals surface area contributed by atoms with E-state index in [0.29, 0.717) is 19.0 Å². The van der Waals surface area contributed by atoms with Crippen LogP contribution >= 0.6 is 0 Å². The van der Waals surface area contributed by atoms with Crippen molar-refractivity contribution < 1.29 is 9.53 Å². The Morgan fingerprint density at radius 1 is 1.45 bits per heavy atom. The van der Waals surface area contributed by atoms with Crippen molar-refractivity contribution in [1.29, 1.82) is 5.26 Å². The van der Waals surface area contributed by atoms with Crippen molar-refractivity contribution in [2.24, 2.45) is 11.3 Å². The van der Waals surface area contributed by atoms with Crippen LogP contribution in [-0.4, -0.2) is 68.3 Å². The van der Waals surface area contributed by atoms with Crippen LogP contribution in [0.25, 0.3) is 0 Å². The molecule has 0 spiro atoms. The number of nitrogens with zero attached hydrogens (tertiary/aromatic N) is 3. The first-order valence-electron chi connectivity index (χ1n) is 8.14. The van der Waals surface area contributed by atoms with Gasteiger partial charge in [0.05, 0.1) is 24.2 Å². The number of ether oxygens (including phenoxy) is 1. The van der Waals surface area contributed by atoms with Gasteiger partial charge in [-0.25, -0.2) is 4.79 Å². The predicted octanol–water partition coefficient (Wildman–Crippen LogP) is 1.29. The number of hydrogen-bond acceptors (Lipinski definition) is 4. The number of hydrogen-bond donors (Lipinski definition) is 1. The van der Waals surface area contributed by atoms with Crippen LogP contribution in [0.5, 0.6) is 0 Å². The number of carbonyl (C=O) groups excluding carboxylic acids is 1. The number of morpholine rings is 1. The van der Waals surface area contributed by atoms with E-state index in [0.717, 1.165) is 26.2 Å². The second kappa shape index (κ2) is 7.30. The van der Waals surface area contributed by atoms with E-state index in [1.165, 1.54) is 12.8 Å². The number of nitrogens with one attached hydrogen (secondary N) is 1. The Hall–Kier alpha value is -1.32. The third-order valence-electron chi connectivity index (χ3n) is 4.21. The summed E-state index contributed by atoms with van der Waals surface area (Å²) in [4.78, 5) is 16.6. The van der Waals surface area contributed by atoms with Crippen LogP contribution in [0, 0.1) is 22.7 Å². The highest BCUT2D eigenvalue weighted by molar-refractivity contribution is 5.74. The molecule has 6 nitrogen and oxygen atoms in total. The van der Waals surface area contributed by atoms with Gasteiger partial charge in [-0.05, 0) is 39.7 Å². The van der Waals surface area contributed by atoms with Crippen molar-refractivity contribution in [1.82, 2.24) is 15.1 Å². The van der Waals surface area contributed by atoms with E-state index in [1.807, 2.05) is 18.7 Å². The molecule has 6 heteroatoms. The average Bonchev–Trinajstić information content (AvgIpc) is 3.28. The minimum absolute atomic E-state index is 0.0761. The zero-order valence-corrected chi connectivity index (χ0v) is 14.0. The normalized spacial score (nSPS) is 22.9. The van der Waals surface area contributed by atoms with Crippen molar-refractivity contribution >= 4 is 6.03 Å². The van der Waals surface area contributed by atoms with Crippen LogP contribution in [0.2, 0.25) is 0 Å². The lowest BCUT2D eigenvalue weighted by molar-refractivity contribution is -0.0309. The Balaban J connectivity index is 1.87. The fourth-order valence-electron chi connectivity index (χ4n) is 2.52. The van der Waals surface area contributed by atoms with Crippen molar-refractivity contribution in [2.45, 2.75) is 32.8 Å². The van der Waals surface area contributed by atoms with Gasteiger partial charge in [0.2, 0.25) is 0 Å². The summed E-state index contributed by atoms with van der Waals surface area (Å²) in [6.07, 6.45) is 2.49. The molecule has 2 aliphatic rings. The molecule has 0 aromatic carbocycles. The molecule has 0 aromatic rings. The lowest BCUT2D eigenvalue weighted by atomic mass is 9.96. The first kappa shape index (κ1) is 17.0. The van der Waals surface area contributed by atoms with E-state index in [1.54, 1.807) is 0 Å². The molecule has 0 unspecified atom stereocenters. The Bertz CT molecular complexity index is 428. The molecule has 1 aliphatic heterocycles. The second-order valence-corrected chi connectivity index (χ2v) is 7.26. The summed E-state index contributed by atoms with van der Waals surface area (Å²) in [5, 5.41) is 12.0. The molecule has 2 fully saturated rings. The summed E-state index contributed by atoms with van der Waals surface area (Å²) in [6, 6.07) is 2.13. The van der Waals surface area contributed by atoms with Gasteiger partial charge in [-0.3, -0.25) is 0 Å². The largest absolute Gasteiger partial charge is 0.374 e. The van der Waals surface area contributed by atoms with Crippen LogP contribution in [0.4, 0.5) is 4.79 Å². The molecule has 0 aromatic heterocycles. The Kier molecular flexibility index (Phi) is 5.65. The van der Waals surface area contributed by atoms with Gasteiger partial charge >= 0.3 is 6.03 Å². The minimum atomic E-state index is -0.539. The molecule has 0 radical (unpaired) electrons. The number of amides is 2. The molecule has 124 valence electrons. The second-order valence-electron chi connectivity index (χ2n) is 7.26. The molecular formula is C16H28N4O2. The lowest BCUT2D eigenvalue weighted by Gasteiger charge is -2.34. The third kappa shape index (κ3) is 5.47. The Morgan fingerprint density at radius 3 is 2.77 bits per heavy atom. The van der Waals surface area contributed by atoms with Gasteiger partial charge < -0.3 is 19.9 Å². The minimum Gasteiger partial charge on any atom is -0.374 e. The maximum absolute atomic E-state index is 12.5. The summed E-state index contributed by atoms with van der Waals surface area (Å²) in [5.74, 6) is 0.635. The number of rotatable bonds is 6. The van der Waals surface area contributed by atoms with Gasteiger partial charge in [0.1, 0.15) is 0 Å². The summed E-state index contributed by atoms with van der Waals surface area (Å²) in [5.41, 5.74) is -0.539. The van der Waals surface area contributed by atoms with E-state index >= 15 is 0 Å². The van der Waals surface area contributed by atoms with Crippen LogP contribution in [0.3, 0.4) is 0 Å². The smallest absolute Gasteiger partial charge is 0.317 e. The van der Waals surface area contributed by atoms with Gasteiger partial charge in [0.15, 0.2) is 0 Å². The number of nitriles is 1. The van der Waals surface area contributed by atoms with Crippen LogP contribution in [-0.2, 0) is 4.74 Å². The Morgan fingerprint density at radius 2 is 2.18 bits per heavy atom. The highest BCUT2D eigenvalue weighted by atomic mass is 16.5. The van der Waals surface area contributed by atoms with Gasteiger partial charge in [-0.2, -0.15) is 5.26 Å². The Labute approximate surface area is 133 Å². The number of carbonyl (C=O) groups is 1. The quantitative estimate of drug-likeness (QED) is 0.803. The van der Waals surface area contributed by atoms with Gasteiger partial charge in [-0.15, -0.1) is 0 Å². The van der Waals surface area contributed by atoms with E-state index in [4.69, 9.17) is 10.00 Å². The number of likely N-dealkylation sites (N-methyl/N-ethyl adjacent to an activating group) is 1. The van der Waals surface area contributed by atoms with Gasteiger partial charge in [0.25, 0.3) is 0 Å². The SMILES string of the molecule is CN1CCO[C@H](CN(CC2CC2)C(=O)NCC(C)(C)C#N)C1. The first-order chi connectivity index (χ1) is 10.4. The molecule has 1 atom stereocenters. The molecule has 1 aliphatic carbocycles. The van der Waals surface area contributed by atoms with E-state index in [-0.39, 0.29) is 12.1 Å². The van der Waals surface area contributed by atoms with Crippen molar-refractivity contribution in [2.75, 3.05) is 46.4 Å². The summed E-state index contributed by atoms with van der Waals surface area (Å²) >= 11 is 0. The van der Waals surface area contributed by atoms with Gasteiger partial charge in [-0.1, -0.05) is 0 Å². The summed E-state index contributed by atoms with van der Waals surface area (Å²) in [6.45, 7) is 7.98. The molecular weight excluding hydrogens is 280 g/mol. The molecule has 1 heterocycles. The molecule has 1 saturated carbocycles. The zero-order chi connectivity index (χ0) is 16.2. The molecule has 2 rings (SSSR count). The van der Waals surface area contributed by atoms with E-state index < -0.39 is 5.41 Å². The standard InChI is InChI=1S/C16H28N4O2/c1-16(2,11-17)12-18-15(21)20(8-13-4-5-13)10-14-9-19(3)6-7-22-14/h13-14H,4-10,12H2,1-3H3,(H,18,21)/t14-/m0/s1. The van der Waals surface area contributed by atoms with E-state index in [9.17, 15) is 4.79 Å². The van der Waals surface area contributed by atoms with Crippen molar-refractivity contribution in [3.63, 3.8) is 0 Å².